The summed E-state index contributed by atoms with van der Waals surface area (Å²) in [5.74, 6) is 0.0210. The number of halogens is 1. The Labute approximate surface area is 121 Å². The molecule has 1 aromatic carbocycles. The average molecular weight is 299 g/mol. The number of non-ortho nitro benzene ring substituents is 1. The van der Waals surface area contributed by atoms with Crippen LogP contribution in [0.15, 0.2) is 18.2 Å². The van der Waals surface area contributed by atoms with Crippen LogP contribution in [0.4, 0.5) is 5.69 Å². The Kier molecular flexibility index (Phi) is 4.57. The molecule has 1 aromatic rings. The van der Waals surface area contributed by atoms with Crippen molar-refractivity contribution >= 4 is 23.2 Å². The lowest BCUT2D eigenvalue weighted by Crippen LogP contribution is -2.39. The minimum atomic E-state index is -0.549. The van der Waals surface area contributed by atoms with E-state index in [-0.39, 0.29) is 34.7 Å². The molecule has 1 aliphatic rings. The number of nitro groups is 1. The van der Waals surface area contributed by atoms with E-state index in [1.807, 2.05) is 0 Å². The van der Waals surface area contributed by atoms with Crippen molar-refractivity contribution in [2.75, 3.05) is 19.7 Å². The van der Waals surface area contributed by atoms with E-state index in [9.17, 15) is 14.9 Å². The van der Waals surface area contributed by atoms with Crippen LogP contribution in [0, 0.1) is 16.0 Å². The van der Waals surface area contributed by atoms with Gasteiger partial charge in [-0.15, -0.1) is 0 Å². The van der Waals surface area contributed by atoms with Gasteiger partial charge in [0.15, 0.2) is 0 Å². The third-order valence-electron chi connectivity index (χ3n) is 3.55. The first-order valence-corrected chi connectivity index (χ1v) is 6.74. The first-order chi connectivity index (χ1) is 9.52. The largest absolute Gasteiger partial charge is 0.396 e. The Bertz CT molecular complexity index is 527. The molecule has 1 fully saturated rings. The first-order valence-electron chi connectivity index (χ1n) is 6.37. The number of likely N-dealkylation sites (tertiary alicyclic amines) is 1. The van der Waals surface area contributed by atoms with E-state index in [1.54, 1.807) is 4.90 Å². The van der Waals surface area contributed by atoms with Crippen molar-refractivity contribution in [2.45, 2.75) is 12.8 Å². The number of carbonyl (C=O) groups is 1. The molecule has 0 bridgehead atoms. The summed E-state index contributed by atoms with van der Waals surface area (Å²) in [5, 5.41) is 19.8. The summed E-state index contributed by atoms with van der Waals surface area (Å²) in [5.41, 5.74) is 0.144. The van der Waals surface area contributed by atoms with Crippen molar-refractivity contribution in [1.29, 1.82) is 0 Å². The molecule has 0 aliphatic carbocycles. The molecule has 0 aromatic heterocycles. The molecule has 20 heavy (non-hydrogen) atoms. The number of nitrogens with zero attached hydrogens (tertiary/aromatic N) is 2. The van der Waals surface area contributed by atoms with Gasteiger partial charge in [-0.1, -0.05) is 11.6 Å². The summed E-state index contributed by atoms with van der Waals surface area (Å²) in [7, 11) is 0. The molecular formula is C13H15ClN2O4. The van der Waals surface area contributed by atoms with E-state index in [2.05, 4.69) is 0 Å². The van der Waals surface area contributed by atoms with E-state index >= 15 is 0 Å². The average Bonchev–Trinajstić information content (AvgIpc) is 2.46. The van der Waals surface area contributed by atoms with Crippen LogP contribution in [0.3, 0.4) is 0 Å². The van der Waals surface area contributed by atoms with Crippen LogP contribution in [-0.2, 0) is 0 Å². The third-order valence-corrected chi connectivity index (χ3v) is 3.87. The number of aliphatic hydroxyl groups is 1. The third kappa shape index (κ3) is 3.08. The molecule has 2 rings (SSSR count). The van der Waals surface area contributed by atoms with Gasteiger partial charge in [0.05, 0.1) is 15.5 Å². The van der Waals surface area contributed by atoms with Crippen LogP contribution in [0.1, 0.15) is 23.2 Å². The maximum atomic E-state index is 12.3. The molecule has 0 saturated carbocycles. The summed E-state index contributed by atoms with van der Waals surface area (Å²) in [6, 6.07) is 3.86. The van der Waals surface area contributed by atoms with Gasteiger partial charge in [-0.2, -0.15) is 0 Å². The van der Waals surface area contributed by atoms with Crippen LogP contribution >= 0.6 is 11.6 Å². The second-order valence-electron chi connectivity index (χ2n) is 4.84. The number of rotatable bonds is 3. The van der Waals surface area contributed by atoms with Crippen LogP contribution in [-0.4, -0.2) is 40.5 Å². The molecule has 7 heteroatoms. The maximum absolute atomic E-state index is 12.3. The number of aliphatic hydroxyl groups excluding tert-OH is 1. The quantitative estimate of drug-likeness (QED) is 0.684. The SMILES string of the molecule is O=C(c1ccc([N+](=O)[O-])cc1Cl)N1CCC(CO)CC1. The molecule has 0 unspecified atom stereocenters. The Hall–Kier alpha value is -1.66. The molecule has 0 atom stereocenters. The molecule has 1 amide bonds. The highest BCUT2D eigenvalue weighted by Crippen LogP contribution is 2.25. The fourth-order valence-corrected chi connectivity index (χ4v) is 2.54. The fraction of sp³-hybridized carbons (Fsp3) is 0.462. The second kappa shape index (κ2) is 6.19. The highest BCUT2D eigenvalue weighted by molar-refractivity contribution is 6.34. The highest BCUT2D eigenvalue weighted by atomic mass is 35.5. The first kappa shape index (κ1) is 14.7. The second-order valence-corrected chi connectivity index (χ2v) is 5.25. The van der Waals surface area contributed by atoms with Gasteiger partial charge in [-0.05, 0) is 24.8 Å². The molecule has 0 radical (unpaired) electrons. The summed E-state index contributed by atoms with van der Waals surface area (Å²) < 4.78 is 0. The molecule has 1 aliphatic heterocycles. The number of amides is 1. The van der Waals surface area contributed by atoms with Gasteiger partial charge in [0.25, 0.3) is 11.6 Å². The molecule has 1 N–H and O–H groups in total. The lowest BCUT2D eigenvalue weighted by atomic mass is 9.97. The molecule has 1 heterocycles. The lowest BCUT2D eigenvalue weighted by molar-refractivity contribution is -0.384. The Morgan fingerprint density at radius 3 is 2.60 bits per heavy atom. The van der Waals surface area contributed by atoms with Crippen molar-refractivity contribution in [3.63, 3.8) is 0 Å². The van der Waals surface area contributed by atoms with Crippen molar-refractivity contribution in [3.05, 3.63) is 38.9 Å². The monoisotopic (exact) mass is 298 g/mol. The summed E-state index contributed by atoms with van der Waals surface area (Å²) in [4.78, 5) is 24.1. The van der Waals surface area contributed by atoms with Crippen LogP contribution in [0.5, 0.6) is 0 Å². The van der Waals surface area contributed by atoms with Gasteiger partial charge in [-0.25, -0.2) is 0 Å². The zero-order chi connectivity index (χ0) is 14.7. The molecule has 108 valence electrons. The van der Waals surface area contributed by atoms with Crippen molar-refractivity contribution in [2.24, 2.45) is 5.92 Å². The molecular weight excluding hydrogens is 284 g/mol. The van der Waals surface area contributed by atoms with Gasteiger partial charge >= 0.3 is 0 Å². The predicted octanol–water partition coefficient (Wildman–Crippen LogP) is 2.09. The smallest absolute Gasteiger partial charge is 0.270 e. The number of nitro benzene ring substituents is 1. The number of hydrogen-bond donors (Lipinski definition) is 1. The Balaban J connectivity index is 2.12. The van der Waals surface area contributed by atoms with Gasteiger partial charge < -0.3 is 10.0 Å². The van der Waals surface area contributed by atoms with Gasteiger partial charge in [0.2, 0.25) is 0 Å². The normalized spacial score (nSPS) is 16.2. The lowest BCUT2D eigenvalue weighted by Gasteiger charge is -2.31. The topological polar surface area (TPSA) is 83.7 Å². The van der Waals surface area contributed by atoms with E-state index < -0.39 is 4.92 Å². The fourth-order valence-electron chi connectivity index (χ4n) is 2.28. The highest BCUT2D eigenvalue weighted by Gasteiger charge is 2.25. The Morgan fingerprint density at radius 2 is 2.10 bits per heavy atom. The van der Waals surface area contributed by atoms with Crippen LogP contribution in [0.25, 0.3) is 0 Å². The minimum Gasteiger partial charge on any atom is -0.396 e. The van der Waals surface area contributed by atoms with Crippen molar-refractivity contribution in [3.8, 4) is 0 Å². The molecule has 0 spiro atoms. The number of hydrogen-bond acceptors (Lipinski definition) is 4. The number of piperidine rings is 1. The Morgan fingerprint density at radius 1 is 1.45 bits per heavy atom. The van der Waals surface area contributed by atoms with E-state index in [0.29, 0.717) is 13.1 Å². The van der Waals surface area contributed by atoms with Crippen LogP contribution < -0.4 is 0 Å². The van der Waals surface area contributed by atoms with Crippen LogP contribution in [0.2, 0.25) is 5.02 Å². The zero-order valence-corrected chi connectivity index (χ0v) is 11.5. The number of benzene rings is 1. The summed E-state index contributed by atoms with van der Waals surface area (Å²) >= 11 is 5.95. The molecule has 1 saturated heterocycles. The summed E-state index contributed by atoms with van der Waals surface area (Å²) in [6.45, 7) is 1.27. The zero-order valence-electron chi connectivity index (χ0n) is 10.8. The van der Waals surface area contributed by atoms with Gasteiger partial charge in [-0.3, -0.25) is 14.9 Å². The number of carbonyl (C=O) groups excluding carboxylic acids is 1. The standard InChI is InChI=1S/C13H15ClN2O4/c14-12-7-10(16(19)20)1-2-11(12)13(18)15-5-3-9(8-17)4-6-15/h1-2,7,9,17H,3-6,8H2. The minimum absolute atomic E-state index is 0.0912. The van der Waals surface area contributed by atoms with E-state index in [0.717, 1.165) is 12.8 Å². The maximum Gasteiger partial charge on any atom is 0.270 e. The van der Waals surface area contributed by atoms with E-state index in [1.165, 1.54) is 18.2 Å². The van der Waals surface area contributed by atoms with Gasteiger partial charge in [0, 0.05) is 31.8 Å². The van der Waals surface area contributed by atoms with Crippen molar-refractivity contribution in [1.82, 2.24) is 4.90 Å². The molecule has 6 nitrogen and oxygen atoms in total. The summed E-state index contributed by atoms with van der Waals surface area (Å²) in [6.07, 6.45) is 1.51. The van der Waals surface area contributed by atoms with Gasteiger partial charge in [0.1, 0.15) is 0 Å². The van der Waals surface area contributed by atoms with Crippen molar-refractivity contribution < 1.29 is 14.8 Å². The predicted molar refractivity (Wildman–Crippen MR) is 73.8 cm³/mol. The van der Waals surface area contributed by atoms with E-state index in [4.69, 9.17) is 16.7 Å².